The van der Waals surface area contributed by atoms with Crippen LogP contribution < -0.4 is 70.4 Å². The lowest BCUT2D eigenvalue weighted by atomic mass is 10.0. The van der Waals surface area contributed by atoms with E-state index in [1.165, 1.54) is 11.8 Å². The minimum absolute atomic E-state index is 0.0107. The van der Waals surface area contributed by atoms with Crippen LogP contribution in [0.5, 0.6) is 0 Å². The molecule has 0 spiro atoms. The number of aliphatic imine (C=N–C) groups is 1. The van der Waals surface area contributed by atoms with Gasteiger partial charge in [0.25, 0.3) is 0 Å². The molecule has 0 aromatic rings. The summed E-state index contributed by atoms with van der Waals surface area (Å²) >= 11 is 0. The van der Waals surface area contributed by atoms with Crippen molar-refractivity contribution in [1.82, 2.24) is 58.1 Å². The summed E-state index contributed by atoms with van der Waals surface area (Å²) in [7, 11) is 0. The number of nitrogens with two attached hydrogens (primary N) is 3. The zero-order valence-corrected chi connectivity index (χ0v) is 48.3. The lowest BCUT2D eigenvalue weighted by molar-refractivity contribution is -0.143. The van der Waals surface area contributed by atoms with E-state index in [0.29, 0.717) is 19.4 Å². The topological polar surface area (TPSA) is 459 Å². The van der Waals surface area contributed by atoms with Crippen molar-refractivity contribution in [2.45, 2.75) is 193 Å². The largest absolute Gasteiger partial charge is 0.480 e. The second kappa shape index (κ2) is 34.9. The highest BCUT2D eigenvalue weighted by molar-refractivity contribution is 5.99. The van der Waals surface area contributed by atoms with Crippen molar-refractivity contribution in [3.8, 4) is 0 Å². The molecule has 29 nitrogen and oxygen atoms in total. The number of guanidine groups is 1. The Morgan fingerprint density at radius 1 is 0.593 bits per heavy atom. The van der Waals surface area contributed by atoms with Gasteiger partial charge in [0, 0.05) is 19.5 Å². The number of aliphatic hydroxyl groups excluding tert-OH is 1. The van der Waals surface area contributed by atoms with Gasteiger partial charge in [-0.2, -0.15) is 0 Å². The van der Waals surface area contributed by atoms with Crippen molar-refractivity contribution in [1.29, 1.82) is 0 Å². The molecule has 10 unspecified atom stereocenters. The Bertz CT molecular complexity index is 2220. The second-order valence-corrected chi connectivity index (χ2v) is 22.3. The number of hydrogen-bond donors (Lipinski definition) is 15. The molecule has 2 aliphatic heterocycles. The number of aliphatic carboxylic acids is 1. The third-order valence-corrected chi connectivity index (χ3v) is 13.3. The van der Waals surface area contributed by atoms with Gasteiger partial charge in [0.15, 0.2) is 5.96 Å². The summed E-state index contributed by atoms with van der Waals surface area (Å²) in [5.41, 5.74) is 16.3. The maximum absolute atomic E-state index is 14.1. The molecule has 10 atom stereocenters. The SMILES string of the molecule is CC(C)CC(NC(=O)C(CC(C)C)NC(=O)CNC(=O)C(CCCN=C(N)N)NC(=O)C(CO)NC(=O)C(CC(C)C)NC(=O)C(CCC(N)=O)NC(=O)C1CCCN1C(=O)C(C)NC(=O)C(NC(=O)C1CCCN1)C(C)C)C(=O)O. The van der Waals surface area contributed by atoms with E-state index in [2.05, 4.69) is 58.2 Å². The highest BCUT2D eigenvalue weighted by atomic mass is 16.4. The molecule has 0 saturated carbocycles. The Hall–Kier alpha value is -7.17. The van der Waals surface area contributed by atoms with Gasteiger partial charge in [-0.1, -0.05) is 55.4 Å². The summed E-state index contributed by atoms with van der Waals surface area (Å²) in [4.78, 5) is 165. The molecule has 0 aromatic heterocycles. The molecule has 81 heavy (non-hydrogen) atoms. The van der Waals surface area contributed by atoms with E-state index < -0.39 is 139 Å². The van der Waals surface area contributed by atoms with Crippen LogP contribution in [0.15, 0.2) is 4.99 Å². The van der Waals surface area contributed by atoms with E-state index in [1.54, 1.807) is 55.4 Å². The summed E-state index contributed by atoms with van der Waals surface area (Å²) in [6.07, 6.45) is 1.47. The van der Waals surface area contributed by atoms with Gasteiger partial charge in [0.2, 0.25) is 65.0 Å². The first kappa shape index (κ1) is 69.9. The molecule has 0 radical (unpaired) electrons. The first-order chi connectivity index (χ1) is 37.9. The van der Waals surface area contributed by atoms with Gasteiger partial charge in [0.1, 0.15) is 54.4 Å². The fraction of sp³-hybridized carbons (Fsp3) is 0.750. The second-order valence-electron chi connectivity index (χ2n) is 22.3. The number of carbonyl (C=O) groups is 12. The lowest BCUT2D eigenvalue weighted by Crippen LogP contribution is -2.60. The first-order valence-electron chi connectivity index (χ1n) is 27.9. The molecule has 0 aromatic carbocycles. The number of hydrogen-bond acceptors (Lipinski definition) is 15. The minimum atomic E-state index is -1.73. The van der Waals surface area contributed by atoms with Crippen LogP contribution in [-0.4, -0.2) is 185 Å². The molecule has 2 fully saturated rings. The van der Waals surface area contributed by atoms with Gasteiger partial charge in [-0.05, 0) is 101 Å². The Balaban J connectivity index is 2.25. The van der Waals surface area contributed by atoms with Crippen molar-refractivity contribution in [3.63, 3.8) is 0 Å². The molecule has 18 N–H and O–H groups in total. The van der Waals surface area contributed by atoms with Crippen LogP contribution in [0, 0.1) is 23.7 Å². The van der Waals surface area contributed by atoms with E-state index >= 15 is 0 Å². The van der Waals surface area contributed by atoms with Gasteiger partial charge in [-0.15, -0.1) is 0 Å². The van der Waals surface area contributed by atoms with E-state index in [4.69, 9.17) is 17.2 Å². The van der Waals surface area contributed by atoms with Crippen LogP contribution in [0.4, 0.5) is 0 Å². The predicted molar refractivity (Wildman–Crippen MR) is 296 cm³/mol. The number of nitrogens with one attached hydrogen (secondary N) is 10. The molecule has 0 bridgehead atoms. The van der Waals surface area contributed by atoms with Crippen LogP contribution in [0.1, 0.15) is 133 Å². The molecule has 2 rings (SSSR count). The number of likely N-dealkylation sites (tertiary alicyclic amines) is 1. The molecular formula is C52H91N15O14. The monoisotopic (exact) mass is 1150 g/mol. The average Bonchev–Trinajstić information content (AvgIpc) is 4.12. The van der Waals surface area contributed by atoms with E-state index in [-0.39, 0.29) is 100.0 Å². The smallest absolute Gasteiger partial charge is 0.326 e. The normalized spacial score (nSPS) is 18.0. The van der Waals surface area contributed by atoms with Gasteiger partial charge >= 0.3 is 5.97 Å². The molecular weight excluding hydrogens is 1060 g/mol. The molecule has 458 valence electrons. The van der Waals surface area contributed by atoms with Gasteiger partial charge in [-0.3, -0.25) is 57.7 Å². The van der Waals surface area contributed by atoms with Crippen LogP contribution in [0.2, 0.25) is 0 Å². The number of nitrogens with zero attached hydrogens (tertiary/aromatic N) is 2. The number of rotatable bonds is 35. The molecule has 29 heteroatoms. The number of carboxylic acid groups (broad SMARTS) is 1. The Labute approximate surface area is 473 Å². The van der Waals surface area contributed by atoms with Crippen molar-refractivity contribution in [2.75, 3.05) is 32.8 Å². The van der Waals surface area contributed by atoms with Crippen molar-refractivity contribution >= 4 is 76.9 Å². The van der Waals surface area contributed by atoms with Crippen LogP contribution in [-0.2, 0) is 57.5 Å². The van der Waals surface area contributed by atoms with Gasteiger partial charge < -0.3 is 85.5 Å². The van der Waals surface area contributed by atoms with Crippen molar-refractivity contribution in [3.05, 3.63) is 0 Å². The predicted octanol–water partition coefficient (Wildman–Crippen LogP) is -4.07. The molecule has 2 aliphatic rings. The number of carbonyl (C=O) groups excluding carboxylic acids is 11. The number of aliphatic hydroxyl groups is 1. The quantitative estimate of drug-likeness (QED) is 0.0163. The zero-order chi connectivity index (χ0) is 61.3. The van der Waals surface area contributed by atoms with Crippen LogP contribution >= 0.6 is 0 Å². The van der Waals surface area contributed by atoms with Crippen molar-refractivity contribution < 1.29 is 67.7 Å². The molecule has 2 saturated heterocycles. The maximum Gasteiger partial charge on any atom is 0.326 e. The summed E-state index contributed by atoms with van der Waals surface area (Å²) in [5, 5.41) is 45.9. The third-order valence-electron chi connectivity index (χ3n) is 13.3. The fourth-order valence-corrected chi connectivity index (χ4v) is 9.13. The third kappa shape index (κ3) is 25.0. The minimum Gasteiger partial charge on any atom is -0.480 e. The summed E-state index contributed by atoms with van der Waals surface area (Å²) < 4.78 is 0. The van der Waals surface area contributed by atoms with Crippen molar-refractivity contribution in [2.24, 2.45) is 45.9 Å². The standard InChI is InChI=1S/C52H91N15O14/c1-26(2)21-34(45(74)64-36(51(80)81)23-28(5)6)60-40(70)24-58-42(71)32(14-11-19-57-52(54)55)61-47(76)37(25-68)65-46(75)35(22-27(3)4)63-44(73)33(16-17-39(53)69)62-48(77)38-15-12-20-67(38)50(79)30(9)59-49(78)41(29(7)8)66-43(72)31-13-10-18-56-31/h26-38,41,56,68H,10-25H2,1-9H3,(H2,53,69)(H,58,71)(H,59,78)(H,60,70)(H,61,76)(H,62,77)(H,63,73)(H,64,74)(H,65,75)(H,66,72)(H,80,81)(H4,54,55,57). The zero-order valence-electron chi connectivity index (χ0n) is 48.3. The molecule has 0 aliphatic carbocycles. The van der Waals surface area contributed by atoms with Crippen LogP contribution in [0.3, 0.4) is 0 Å². The maximum atomic E-state index is 14.1. The van der Waals surface area contributed by atoms with Gasteiger partial charge in [0.05, 0.1) is 19.2 Å². The Morgan fingerprint density at radius 3 is 1.65 bits per heavy atom. The number of primary amides is 1. The van der Waals surface area contributed by atoms with E-state index in [9.17, 15) is 67.7 Å². The highest BCUT2D eigenvalue weighted by Crippen LogP contribution is 2.20. The van der Waals surface area contributed by atoms with Crippen LogP contribution in [0.25, 0.3) is 0 Å². The fourth-order valence-electron chi connectivity index (χ4n) is 9.13. The van der Waals surface area contributed by atoms with E-state index in [1.807, 2.05) is 0 Å². The highest BCUT2D eigenvalue weighted by Gasteiger charge is 2.40. The Kier molecular flexibility index (Phi) is 30.1. The van der Waals surface area contributed by atoms with Gasteiger partial charge in [-0.25, -0.2) is 4.79 Å². The Morgan fingerprint density at radius 2 is 1.12 bits per heavy atom. The number of carboxylic acids is 1. The summed E-state index contributed by atoms with van der Waals surface area (Å²) in [6.45, 7) is 14.7. The lowest BCUT2D eigenvalue weighted by Gasteiger charge is -2.30. The first-order valence-corrected chi connectivity index (χ1v) is 27.9. The summed E-state index contributed by atoms with van der Waals surface area (Å²) in [6, 6.07) is -12.1. The number of amides is 11. The average molecular weight is 1150 g/mol. The van der Waals surface area contributed by atoms with E-state index in [0.717, 1.165) is 6.42 Å². The molecule has 11 amide bonds. The summed E-state index contributed by atoms with van der Waals surface area (Å²) in [5.74, 6) is -10.8. The molecule has 2 heterocycles.